The van der Waals surface area contributed by atoms with Gasteiger partial charge in [0.05, 0.1) is 0 Å². The van der Waals surface area contributed by atoms with Crippen molar-refractivity contribution >= 4 is 22.9 Å². The molecule has 2 heterocycles. The molecule has 0 saturated carbocycles. The lowest BCUT2D eigenvalue weighted by Crippen LogP contribution is -2.12. The third kappa shape index (κ3) is 3.20. The number of benzene rings is 1. The standard InChI is InChI=1S/C17H15N3OS/c1-2-12-3-5-14(6-4-12)19-16(21)15-11-22-17(20-15)13-7-9-18-10-8-13/h3-11H,2H2,1H3,(H,19,21). The maximum absolute atomic E-state index is 12.2. The SMILES string of the molecule is CCc1ccc(NC(=O)c2csc(-c3ccncc3)n2)cc1. The minimum Gasteiger partial charge on any atom is -0.321 e. The molecule has 3 aromatic rings. The second-order valence-electron chi connectivity index (χ2n) is 4.78. The Morgan fingerprint density at radius 2 is 1.86 bits per heavy atom. The number of hydrogen-bond donors (Lipinski definition) is 1. The fourth-order valence-corrected chi connectivity index (χ4v) is 2.83. The molecule has 110 valence electrons. The first-order chi connectivity index (χ1) is 10.8. The van der Waals surface area contributed by atoms with Gasteiger partial charge in [-0.05, 0) is 36.2 Å². The molecular weight excluding hydrogens is 294 g/mol. The topological polar surface area (TPSA) is 54.9 Å². The molecule has 0 aliphatic rings. The average Bonchev–Trinajstić information content (AvgIpc) is 3.06. The lowest BCUT2D eigenvalue weighted by molar-refractivity contribution is 0.102. The van der Waals surface area contributed by atoms with E-state index in [0.717, 1.165) is 22.7 Å². The van der Waals surface area contributed by atoms with E-state index in [9.17, 15) is 4.79 Å². The lowest BCUT2D eigenvalue weighted by Gasteiger charge is -2.04. The van der Waals surface area contributed by atoms with Crippen LogP contribution in [0.5, 0.6) is 0 Å². The maximum Gasteiger partial charge on any atom is 0.275 e. The summed E-state index contributed by atoms with van der Waals surface area (Å²) in [6.07, 6.45) is 4.41. The van der Waals surface area contributed by atoms with E-state index in [-0.39, 0.29) is 5.91 Å². The maximum atomic E-state index is 12.2. The van der Waals surface area contributed by atoms with Gasteiger partial charge in [0, 0.05) is 29.0 Å². The van der Waals surface area contributed by atoms with E-state index in [4.69, 9.17) is 0 Å². The van der Waals surface area contributed by atoms with E-state index in [1.54, 1.807) is 17.8 Å². The van der Waals surface area contributed by atoms with Crippen LogP contribution in [-0.4, -0.2) is 15.9 Å². The van der Waals surface area contributed by atoms with Crippen LogP contribution in [0.3, 0.4) is 0 Å². The molecule has 4 nitrogen and oxygen atoms in total. The zero-order valence-corrected chi connectivity index (χ0v) is 12.9. The number of amides is 1. The summed E-state index contributed by atoms with van der Waals surface area (Å²) in [6.45, 7) is 2.10. The van der Waals surface area contributed by atoms with Crippen molar-refractivity contribution < 1.29 is 4.79 Å². The predicted molar refractivity (Wildman–Crippen MR) is 89.1 cm³/mol. The summed E-state index contributed by atoms with van der Waals surface area (Å²) in [5.41, 5.74) is 3.41. The number of aryl methyl sites for hydroxylation is 1. The van der Waals surface area contributed by atoms with E-state index in [0.29, 0.717) is 5.69 Å². The minimum atomic E-state index is -0.194. The summed E-state index contributed by atoms with van der Waals surface area (Å²) in [7, 11) is 0. The largest absolute Gasteiger partial charge is 0.321 e. The minimum absolute atomic E-state index is 0.194. The van der Waals surface area contributed by atoms with Gasteiger partial charge in [-0.2, -0.15) is 0 Å². The molecule has 0 unspecified atom stereocenters. The van der Waals surface area contributed by atoms with Gasteiger partial charge in [-0.15, -0.1) is 11.3 Å². The van der Waals surface area contributed by atoms with Crippen molar-refractivity contribution in [2.24, 2.45) is 0 Å². The van der Waals surface area contributed by atoms with E-state index in [1.807, 2.05) is 36.4 Å². The number of rotatable bonds is 4. The van der Waals surface area contributed by atoms with Crippen LogP contribution in [-0.2, 0) is 6.42 Å². The summed E-state index contributed by atoms with van der Waals surface area (Å²) in [5.74, 6) is -0.194. The quantitative estimate of drug-likeness (QED) is 0.792. The highest BCUT2D eigenvalue weighted by Crippen LogP contribution is 2.23. The Balaban J connectivity index is 1.74. The molecule has 0 saturated heterocycles. The Morgan fingerprint density at radius 1 is 1.14 bits per heavy atom. The van der Waals surface area contributed by atoms with Gasteiger partial charge in [0.1, 0.15) is 10.7 Å². The van der Waals surface area contributed by atoms with Gasteiger partial charge < -0.3 is 5.32 Å². The van der Waals surface area contributed by atoms with Gasteiger partial charge in [0.2, 0.25) is 0 Å². The molecule has 22 heavy (non-hydrogen) atoms. The zero-order chi connectivity index (χ0) is 15.4. The first-order valence-corrected chi connectivity index (χ1v) is 7.90. The molecule has 0 atom stereocenters. The second-order valence-corrected chi connectivity index (χ2v) is 5.64. The van der Waals surface area contributed by atoms with Crippen LogP contribution in [0.1, 0.15) is 23.0 Å². The summed E-state index contributed by atoms with van der Waals surface area (Å²) >= 11 is 1.45. The molecule has 0 aliphatic carbocycles. The smallest absolute Gasteiger partial charge is 0.275 e. The number of nitrogens with one attached hydrogen (secondary N) is 1. The number of aromatic nitrogens is 2. The van der Waals surface area contributed by atoms with Crippen molar-refractivity contribution in [2.45, 2.75) is 13.3 Å². The average molecular weight is 309 g/mol. The van der Waals surface area contributed by atoms with Crippen molar-refractivity contribution in [3.8, 4) is 10.6 Å². The molecule has 1 amide bonds. The van der Waals surface area contributed by atoms with Crippen molar-refractivity contribution in [1.29, 1.82) is 0 Å². The number of hydrogen-bond acceptors (Lipinski definition) is 4. The van der Waals surface area contributed by atoms with Crippen LogP contribution < -0.4 is 5.32 Å². The second kappa shape index (κ2) is 6.49. The Bertz CT molecular complexity index is 766. The molecule has 3 rings (SSSR count). The molecule has 2 aromatic heterocycles. The van der Waals surface area contributed by atoms with E-state index >= 15 is 0 Å². The highest BCUT2D eigenvalue weighted by atomic mass is 32.1. The molecular formula is C17H15N3OS. The van der Waals surface area contributed by atoms with E-state index < -0.39 is 0 Å². The number of carbonyl (C=O) groups excluding carboxylic acids is 1. The normalized spacial score (nSPS) is 10.4. The molecule has 0 fully saturated rings. The van der Waals surface area contributed by atoms with Gasteiger partial charge in [0.25, 0.3) is 5.91 Å². The van der Waals surface area contributed by atoms with Gasteiger partial charge in [-0.3, -0.25) is 9.78 Å². The highest BCUT2D eigenvalue weighted by molar-refractivity contribution is 7.13. The Morgan fingerprint density at radius 3 is 2.55 bits per heavy atom. The number of pyridine rings is 1. The number of thiazole rings is 1. The molecule has 0 spiro atoms. The Kier molecular flexibility index (Phi) is 4.25. The third-order valence-electron chi connectivity index (χ3n) is 3.28. The van der Waals surface area contributed by atoms with E-state index in [1.165, 1.54) is 16.9 Å². The summed E-state index contributed by atoms with van der Waals surface area (Å²) in [5, 5.41) is 5.45. The highest BCUT2D eigenvalue weighted by Gasteiger charge is 2.12. The summed E-state index contributed by atoms with van der Waals surface area (Å²) < 4.78 is 0. The van der Waals surface area contributed by atoms with Crippen molar-refractivity contribution in [1.82, 2.24) is 9.97 Å². The lowest BCUT2D eigenvalue weighted by atomic mass is 10.1. The van der Waals surface area contributed by atoms with Gasteiger partial charge in [0.15, 0.2) is 0 Å². The molecule has 1 N–H and O–H groups in total. The first-order valence-electron chi connectivity index (χ1n) is 7.02. The monoisotopic (exact) mass is 309 g/mol. The summed E-state index contributed by atoms with van der Waals surface area (Å²) in [4.78, 5) is 20.6. The molecule has 1 aromatic carbocycles. The number of nitrogens with zero attached hydrogens (tertiary/aromatic N) is 2. The van der Waals surface area contributed by atoms with Crippen LogP contribution in [0.25, 0.3) is 10.6 Å². The molecule has 0 aliphatic heterocycles. The van der Waals surface area contributed by atoms with Crippen LogP contribution in [0.2, 0.25) is 0 Å². The van der Waals surface area contributed by atoms with Crippen LogP contribution >= 0.6 is 11.3 Å². The Labute approximate surface area is 132 Å². The van der Waals surface area contributed by atoms with Crippen molar-refractivity contribution in [3.05, 3.63) is 65.4 Å². The third-order valence-corrected chi connectivity index (χ3v) is 4.18. The fourth-order valence-electron chi connectivity index (χ4n) is 2.02. The van der Waals surface area contributed by atoms with Gasteiger partial charge >= 0.3 is 0 Å². The van der Waals surface area contributed by atoms with Crippen molar-refractivity contribution in [3.63, 3.8) is 0 Å². The van der Waals surface area contributed by atoms with E-state index in [2.05, 4.69) is 22.2 Å². The van der Waals surface area contributed by atoms with Crippen LogP contribution in [0, 0.1) is 0 Å². The number of carbonyl (C=O) groups is 1. The van der Waals surface area contributed by atoms with Gasteiger partial charge in [-0.1, -0.05) is 19.1 Å². The molecule has 0 radical (unpaired) electrons. The summed E-state index contributed by atoms with van der Waals surface area (Å²) in [6, 6.07) is 11.6. The fraction of sp³-hybridized carbons (Fsp3) is 0.118. The van der Waals surface area contributed by atoms with Crippen molar-refractivity contribution in [2.75, 3.05) is 5.32 Å². The zero-order valence-electron chi connectivity index (χ0n) is 12.1. The van der Waals surface area contributed by atoms with Crippen LogP contribution in [0.15, 0.2) is 54.2 Å². The number of anilines is 1. The molecule has 0 bridgehead atoms. The first kappa shape index (κ1) is 14.4. The predicted octanol–water partition coefficient (Wildman–Crippen LogP) is 4.02. The van der Waals surface area contributed by atoms with Gasteiger partial charge in [-0.25, -0.2) is 4.98 Å². The molecule has 5 heteroatoms. The Hall–Kier alpha value is -2.53. The van der Waals surface area contributed by atoms with Crippen LogP contribution in [0.4, 0.5) is 5.69 Å².